The molecule has 0 saturated carbocycles. The van der Waals surface area contributed by atoms with E-state index in [4.69, 9.17) is 4.74 Å². The van der Waals surface area contributed by atoms with Gasteiger partial charge in [-0.2, -0.15) is 0 Å². The molecule has 0 saturated heterocycles. The van der Waals surface area contributed by atoms with E-state index in [1.165, 1.54) is 16.7 Å². The molecule has 1 unspecified atom stereocenters. The highest BCUT2D eigenvalue weighted by molar-refractivity contribution is 5.41. The second kappa shape index (κ2) is 7.11. The van der Waals surface area contributed by atoms with Crippen molar-refractivity contribution in [2.45, 2.75) is 47.5 Å². The minimum absolute atomic E-state index is 0.412. The van der Waals surface area contributed by atoms with Crippen LogP contribution in [-0.2, 0) is 6.42 Å². The molecule has 1 heteroatoms. The van der Waals surface area contributed by atoms with Gasteiger partial charge in [-0.3, -0.25) is 0 Å². The van der Waals surface area contributed by atoms with Crippen molar-refractivity contribution >= 4 is 0 Å². The summed E-state index contributed by atoms with van der Waals surface area (Å²) in [4.78, 5) is 0. The standard InChI is InChI=1S/C17H24O/c1-6-8-13(3)10-17-14(4)11-16(12-15(17)5)18-9-7-2/h11-13H,7,9-10H2,1-5H3. The lowest BCUT2D eigenvalue weighted by atomic mass is 9.93. The van der Waals surface area contributed by atoms with E-state index in [-0.39, 0.29) is 0 Å². The van der Waals surface area contributed by atoms with Gasteiger partial charge < -0.3 is 4.74 Å². The molecule has 0 amide bonds. The number of hydrogen-bond acceptors (Lipinski definition) is 1. The summed E-state index contributed by atoms with van der Waals surface area (Å²) >= 11 is 0. The van der Waals surface area contributed by atoms with Gasteiger partial charge in [0.25, 0.3) is 0 Å². The van der Waals surface area contributed by atoms with Crippen molar-refractivity contribution in [2.75, 3.05) is 6.61 Å². The first kappa shape index (κ1) is 14.6. The van der Waals surface area contributed by atoms with Crippen LogP contribution in [-0.4, -0.2) is 6.61 Å². The highest BCUT2D eigenvalue weighted by atomic mass is 16.5. The van der Waals surface area contributed by atoms with E-state index in [1.807, 2.05) is 6.92 Å². The van der Waals surface area contributed by atoms with Crippen LogP contribution in [0.5, 0.6) is 5.75 Å². The van der Waals surface area contributed by atoms with E-state index in [0.717, 1.165) is 25.2 Å². The Morgan fingerprint density at radius 3 is 2.33 bits per heavy atom. The third-order valence-corrected chi connectivity index (χ3v) is 3.04. The zero-order chi connectivity index (χ0) is 13.5. The summed E-state index contributed by atoms with van der Waals surface area (Å²) in [6.07, 6.45) is 2.07. The Kier molecular flexibility index (Phi) is 5.78. The normalized spacial score (nSPS) is 11.6. The summed E-state index contributed by atoms with van der Waals surface area (Å²) < 4.78 is 5.70. The molecule has 1 atom stereocenters. The smallest absolute Gasteiger partial charge is 0.119 e. The molecule has 0 fully saturated rings. The molecule has 98 valence electrons. The zero-order valence-corrected chi connectivity index (χ0v) is 12.3. The van der Waals surface area contributed by atoms with Crippen LogP contribution in [0.2, 0.25) is 0 Å². The maximum absolute atomic E-state index is 5.70. The van der Waals surface area contributed by atoms with Crippen LogP contribution < -0.4 is 4.74 Å². The molecule has 0 aliphatic carbocycles. The average molecular weight is 244 g/mol. The van der Waals surface area contributed by atoms with E-state index >= 15 is 0 Å². The van der Waals surface area contributed by atoms with Crippen molar-refractivity contribution in [1.29, 1.82) is 0 Å². The fraction of sp³-hybridized carbons (Fsp3) is 0.529. The fourth-order valence-corrected chi connectivity index (χ4v) is 2.18. The summed E-state index contributed by atoms with van der Waals surface area (Å²) in [7, 11) is 0. The van der Waals surface area contributed by atoms with Crippen LogP contribution in [0.3, 0.4) is 0 Å². The number of aryl methyl sites for hydroxylation is 2. The third-order valence-electron chi connectivity index (χ3n) is 3.04. The second-order valence-corrected chi connectivity index (χ2v) is 4.88. The van der Waals surface area contributed by atoms with Crippen LogP contribution in [0.1, 0.15) is 43.9 Å². The highest BCUT2D eigenvalue weighted by Crippen LogP contribution is 2.24. The fourth-order valence-electron chi connectivity index (χ4n) is 2.18. The number of hydrogen-bond donors (Lipinski definition) is 0. The maximum Gasteiger partial charge on any atom is 0.119 e. The average Bonchev–Trinajstić information content (AvgIpc) is 2.31. The molecule has 0 N–H and O–H groups in total. The molecular weight excluding hydrogens is 220 g/mol. The molecule has 0 bridgehead atoms. The number of benzene rings is 1. The Labute approximate surface area is 112 Å². The Hall–Kier alpha value is -1.42. The summed E-state index contributed by atoms with van der Waals surface area (Å²) in [6.45, 7) is 11.3. The Bertz CT molecular complexity index is 425. The van der Waals surface area contributed by atoms with Crippen LogP contribution in [0, 0.1) is 31.6 Å². The van der Waals surface area contributed by atoms with Gasteiger partial charge >= 0.3 is 0 Å². The van der Waals surface area contributed by atoms with Gasteiger partial charge in [-0.1, -0.05) is 13.8 Å². The maximum atomic E-state index is 5.70. The summed E-state index contributed by atoms with van der Waals surface area (Å²) in [5.74, 6) is 7.61. The minimum Gasteiger partial charge on any atom is -0.494 e. The molecule has 1 aromatic carbocycles. The lowest BCUT2D eigenvalue weighted by molar-refractivity contribution is 0.317. The number of ether oxygens (including phenoxy) is 1. The predicted molar refractivity (Wildman–Crippen MR) is 78.0 cm³/mol. The van der Waals surface area contributed by atoms with Gasteiger partial charge in [0.05, 0.1) is 6.61 Å². The zero-order valence-electron chi connectivity index (χ0n) is 12.3. The predicted octanol–water partition coefficient (Wildman–Crippen LogP) is 4.29. The molecule has 0 aliphatic heterocycles. The van der Waals surface area contributed by atoms with Crippen molar-refractivity contribution in [2.24, 2.45) is 5.92 Å². The molecule has 0 radical (unpaired) electrons. The van der Waals surface area contributed by atoms with Crippen molar-refractivity contribution in [3.05, 3.63) is 28.8 Å². The third kappa shape index (κ3) is 4.11. The first-order chi connectivity index (χ1) is 8.58. The van der Waals surface area contributed by atoms with Crippen molar-refractivity contribution in [1.82, 2.24) is 0 Å². The lowest BCUT2D eigenvalue weighted by Crippen LogP contribution is -2.03. The molecular formula is C17H24O. The van der Waals surface area contributed by atoms with Gasteiger partial charge in [-0.15, -0.1) is 11.8 Å². The van der Waals surface area contributed by atoms with Gasteiger partial charge in [0, 0.05) is 5.92 Å². The Balaban J connectivity index is 2.89. The molecule has 18 heavy (non-hydrogen) atoms. The van der Waals surface area contributed by atoms with Crippen LogP contribution in [0.4, 0.5) is 0 Å². The molecule has 0 heterocycles. The summed E-state index contributed by atoms with van der Waals surface area (Å²) in [5.41, 5.74) is 4.03. The van der Waals surface area contributed by atoms with E-state index in [2.05, 4.69) is 51.7 Å². The largest absolute Gasteiger partial charge is 0.494 e. The Morgan fingerprint density at radius 2 is 1.83 bits per heavy atom. The topological polar surface area (TPSA) is 9.23 Å². The number of rotatable bonds is 5. The summed E-state index contributed by atoms with van der Waals surface area (Å²) in [6, 6.07) is 4.29. The highest BCUT2D eigenvalue weighted by Gasteiger charge is 2.08. The van der Waals surface area contributed by atoms with E-state index in [0.29, 0.717) is 5.92 Å². The quantitative estimate of drug-likeness (QED) is 0.702. The monoisotopic (exact) mass is 244 g/mol. The first-order valence-corrected chi connectivity index (χ1v) is 6.73. The van der Waals surface area contributed by atoms with Gasteiger partial charge in [-0.05, 0) is 62.4 Å². The van der Waals surface area contributed by atoms with Crippen molar-refractivity contribution in [3.63, 3.8) is 0 Å². The van der Waals surface area contributed by atoms with Gasteiger partial charge in [0.2, 0.25) is 0 Å². The molecule has 1 rings (SSSR count). The molecule has 1 nitrogen and oxygen atoms in total. The SMILES string of the molecule is CC#CC(C)Cc1c(C)cc(OCCC)cc1C. The molecule has 0 aromatic heterocycles. The van der Waals surface area contributed by atoms with Crippen molar-refractivity contribution in [3.8, 4) is 17.6 Å². The Morgan fingerprint density at radius 1 is 1.22 bits per heavy atom. The van der Waals surface area contributed by atoms with Crippen molar-refractivity contribution < 1.29 is 4.74 Å². The van der Waals surface area contributed by atoms with E-state index < -0.39 is 0 Å². The van der Waals surface area contributed by atoms with Crippen LogP contribution in [0.15, 0.2) is 12.1 Å². The van der Waals surface area contributed by atoms with E-state index in [9.17, 15) is 0 Å². The summed E-state index contributed by atoms with van der Waals surface area (Å²) in [5, 5.41) is 0. The van der Waals surface area contributed by atoms with Gasteiger partial charge in [0.1, 0.15) is 5.75 Å². The first-order valence-electron chi connectivity index (χ1n) is 6.73. The van der Waals surface area contributed by atoms with E-state index in [1.54, 1.807) is 0 Å². The van der Waals surface area contributed by atoms with Crippen LogP contribution in [0.25, 0.3) is 0 Å². The van der Waals surface area contributed by atoms with Crippen LogP contribution >= 0.6 is 0 Å². The minimum atomic E-state index is 0.412. The molecule has 0 spiro atoms. The molecule has 1 aromatic rings. The second-order valence-electron chi connectivity index (χ2n) is 4.88. The molecule has 0 aliphatic rings. The van der Waals surface area contributed by atoms with Gasteiger partial charge in [0.15, 0.2) is 0 Å². The lowest BCUT2D eigenvalue weighted by Gasteiger charge is -2.14. The van der Waals surface area contributed by atoms with Gasteiger partial charge in [-0.25, -0.2) is 0 Å².